The third kappa shape index (κ3) is 7.97. The van der Waals surface area contributed by atoms with Crippen molar-refractivity contribution in [2.75, 3.05) is 18.2 Å². The van der Waals surface area contributed by atoms with Gasteiger partial charge in [0.15, 0.2) is 12.7 Å². The molecule has 1 aliphatic rings. The Labute approximate surface area is 223 Å². The lowest BCUT2D eigenvalue weighted by Gasteiger charge is -2.31. The van der Waals surface area contributed by atoms with E-state index in [0.717, 1.165) is 16.7 Å². The average molecular weight is 528 g/mol. The minimum Gasteiger partial charge on any atom is -0.481 e. The van der Waals surface area contributed by atoms with Crippen LogP contribution in [0.5, 0.6) is 5.75 Å². The number of carbonyl (C=O) groups excluding carboxylic acids is 3. The highest BCUT2D eigenvalue weighted by molar-refractivity contribution is 7.99. The number of benzene rings is 2. The van der Waals surface area contributed by atoms with Crippen LogP contribution in [-0.4, -0.2) is 64.6 Å². The number of carbonyl (C=O) groups is 3. The molecule has 1 saturated heterocycles. The van der Waals surface area contributed by atoms with Crippen molar-refractivity contribution in [2.24, 2.45) is 5.73 Å². The summed E-state index contributed by atoms with van der Waals surface area (Å²) < 4.78 is 11.4. The zero-order valence-corrected chi connectivity index (χ0v) is 23.0. The van der Waals surface area contributed by atoms with E-state index in [1.807, 2.05) is 83.1 Å². The molecule has 3 N–H and O–H groups in total. The maximum Gasteiger partial charge on any atom is 0.345 e. The first-order valence-corrected chi connectivity index (χ1v) is 13.5. The van der Waals surface area contributed by atoms with Crippen LogP contribution in [0.2, 0.25) is 0 Å². The molecule has 9 heteroatoms. The highest BCUT2D eigenvalue weighted by Gasteiger charge is 2.42. The number of hydrogen-bond donors (Lipinski definition) is 2. The van der Waals surface area contributed by atoms with Gasteiger partial charge >= 0.3 is 5.97 Å². The Morgan fingerprint density at radius 2 is 1.73 bits per heavy atom. The lowest BCUT2D eigenvalue weighted by molar-refractivity contribution is -0.164. The van der Waals surface area contributed by atoms with Crippen molar-refractivity contribution in [3.05, 3.63) is 65.2 Å². The van der Waals surface area contributed by atoms with Gasteiger partial charge in [0.05, 0.1) is 11.9 Å². The number of nitrogens with zero attached hydrogens (tertiary/aromatic N) is 1. The van der Waals surface area contributed by atoms with E-state index in [9.17, 15) is 14.4 Å². The quantitative estimate of drug-likeness (QED) is 0.482. The van der Waals surface area contributed by atoms with Gasteiger partial charge in [0.1, 0.15) is 11.8 Å². The predicted molar refractivity (Wildman–Crippen MR) is 145 cm³/mol. The van der Waals surface area contributed by atoms with Crippen LogP contribution in [0.4, 0.5) is 0 Å². The second-order valence-corrected chi connectivity index (χ2v) is 11.3. The molecule has 0 bridgehead atoms. The van der Waals surface area contributed by atoms with Crippen LogP contribution < -0.4 is 15.8 Å². The molecule has 0 spiro atoms. The molecule has 8 nitrogen and oxygen atoms in total. The molecule has 3 atom stereocenters. The molecule has 1 fully saturated rings. The normalized spacial score (nSPS) is 17.1. The third-order valence-electron chi connectivity index (χ3n) is 5.91. The van der Waals surface area contributed by atoms with E-state index in [0.29, 0.717) is 23.8 Å². The summed E-state index contributed by atoms with van der Waals surface area (Å²) >= 11 is 1.47. The number of thioether (sulfide) groups is 1. The Kier molecular flexibility index (Phi) is 9.62. The van der Waals surface area contributed by atoms with Crippen LogP contribution in [0.25, 0.3) is 0 Å². The first kappa shape index (κ1) is 28.5. The number of aryl methyl sites for hydroxylation is 2. The summed E-state index contributed by atoms with van der Waals surface area (Å²) in [5.41, 5.74) is 8.72. The molecule has 0 unspecified atom stereocenters. The van der Waals surface area contributed by atoms with E-state index in [-0.39, 0.29) is 12.5 Å². The van der Waals surface area contributed by atoms with Crippen LogP contribution in [0, 0.1) is 13.8 Å². The fraction of sp³-hybridized carbons (Fsp3) is 0.464. The van der Waals surface area contributed by atoms with Crippen molar-refractivity contribution in [2.45, 2.75) is 64.8 Å². The van der Waals surface area contributed by atoms with Gasteiger partial charge in [-0.15, -0.1) is 11.8 Å². The van der Waals surface area contributed by atoms with E-state index in [1.54, 1.807) is 0 Å². The fourth-order valence-electron chi connectivity index (χ4n) is 4.14. The van der Waals surface area contributed by atoms with E-state index >= 15 is 0 Å². The first-order chi connectivity index (χ1) is 17.5. The summed E-state index contributed by atoms with van der Waals surface area (Å²) in [7, 11) is 0. The summed E-state index contributed by atoms with van der Waals surface area (Å²) in [6, 6.07) is 13.7. The van der Waals surface area contributed by atoms with Crippen LogP contribution >= 0.6 is 11.8 Å². The van der Waals surface area contributed by atoms with Gasteiger partial charge in [0.25, 0.3) is 5.91 Å². The molecule has 2 amide bonds. The number of rotatable bonds is 9. The van der Waals surface area contributed by atoms with Gasteiger partial charge in [0, 0.05) is 11.3 Å². The van der Waals surface area contributed by atoms with Gasteiger partial charge in [-0.25, -0.2) is 4.79 Å². The van der Waals surface area contributed by atoms with Crippen LogP contribution in [-0.2, 0) is 25.5 Å². The number of amides is 2. The Balaban J connectivity index is 1.77. The fourth-order valence-corrected chi connectivity index (χ4v) is 5.31. The van der Waals surface area contributed by atoms with Gasteiger partial charge in [0.2, 0.25) is 5.91 Å². The maximum atomic E-state index is 13.7. The Hall–Kier alpha value is -3.04. The third-order valence-corrected chi connectivity index (χ3v) is 6.93. The SMILES string of the molecule is Cc1cccc(C)c1OCC(=O)O[C@H](C(=O)N1CSC[C@H]1C(=O)NC(C)(C)C)[C@@H](N)Cc1ccccc1. The van der Waals surface area contributed by atoms with Crippen molar-refractivity contribution in [1.82, 2.24) is 10.2 Å². The zero-order chi connectivity index (χ0) is 27.2. The lowest BCUT2D eigenvalue weighted by Crippen LogP contribution is -2.57. The van der Waals surface area contributed by atoms with Crippen LogP contribution in [0.3, 0.4) is 0 Å². The molecular weight excluding hydrogens is 490 g/mol. The minimum atomic E-state index is -1.27. The summed E-state index contributed by atoms with van der Waals surface area (Å²) in [4.78, 5) is 41.0. The van der Waals surface area contributed by atoms with E-state index in [4.69, 9.17) is 15.2 Å². The summed E-state index contributed by atoms with van der Waals surface area (Å²) in [6.45, 7) is 9.07. The van der Waals surface area contributed by atoms with E-state index < -0.39 is 35.6 Å². The molecule has 0 aliphatic carbocycles. The second-order valence-electron chi connectivity index (χ2n) is 10.3. The number of esters is 1. The van der Waals surface area contributed by atoms with Crippen molar-refractivity contribution in [3.8, 4) is 5.75 Å². The van der Waals surface area contributed by atoms with Crippen molar-refractivity contribution >= 4 is 29.5 Å². The molecule has 3 rings (SSSR count). The van der Waals surface area contributed by atoms with Gasteiger partial charge < -0.3 is 25.4 Å². The molecule has 200 valence electrons. The maximum absolute atomic E-state index is 13.7. The van der Waals surface area contributed by atoms with Crippen LogP contribution in [0.15, 0.2) is 48.5 Å². The van der Waals surface area contributed by atoms with Crippen molar-refractivity contribution < 1.29 is 23.9 Å². The number of ether oxygens (including phenoxy) is 2. The minimum absolute atomic E-state index is 0.245. The van der Waals surface area contributed by atoms with Crippen LogP contribution in [0.1, 0.15) is 37.5 Å². The Morgan fingerprint density at radius 3 is 2.35 bits per heavy atom. The Morgan fingerprint density at radius 1 is 1.08 bits per heavy atom. The first-order valence-electron chi connectivity index (χ1n) is 12.3. The number of hydrogen-bond acceptors (Lipinski definition) is 7. The van der Waals surface area contributed by atoms with Crippen molar-refractivity contribution in [1.29, 1.82) is 0 Å². The van der Waals surface area contributed by atoms with Gasteiger partial charge in [-0.05, 0) is 57.7 Å². The molecular formula is C28H37N3O5S. The second kappa shape index (κ2) is 12.5. The molecule has 1 aliphatic heterocycles. The summed E-state index contributed by atoms with van der Waals surface area (Å²) in [6.07, 6.45) is -0.944. The molecule has 0 radical (unpaired) electrons. The molecule has 0 aromatic heterocycles. The Bertz CT molecular complexity index is 1080. The highest BCUT2D eigenvalue weighted by Crippen LogP contribution is 2.25. The van der Waals surface area contributed by atoms with Crippen molar-refractivity contribution in [3.63, 3.8) is 0 Å². The average Bonchev–Trinajstić information content (AvgIpc) is 3.32. The molecule has 2 aromatic rings. The lowest BCUT2D eigenvalue weighted by atomic mass is 10.0. The number of nitrogens with one attached hydrogen (secondary N) is 1. The standard InChI is InChI=1S/C28H37N3O5S/c1-18-10-9-11-19(2)24(18)35-15-23(32)36-25(21(29)14-20-12-7-6-8-13-20)27(34)31-17-37-16-22(31)26(33)30-28(3,4)5/h6-13,21-22,25H,14-17,29H2,1-5H3,(H,30,33)/t21-,22-,25-/m0/s1. The largest absolute Gasteiger partial charge is 0.481 e. The zero-order valence-electron chi connectivity index (χ0n) is 22.2. The molecule has 2 aromatic carbocycles. The molecule has 1 heterocycles. The molecule has 37 heavy (non-hydrogen) atoms. The number of para-hydroxylation sites is 1. The smallest absolute Gasteiger partial charge is 0.345 e. The van der Waals surface area contributed by atoms with E-state index in [1.165, 1.54) is 16.7 Å². The topological polar surface area (TPSA) is 111 Å². The summed E-state index contributed by atoms with van der Waals surface area (Å²) in [5, 5.41) is 2.94. The number of nitrogens with two attached hydrogens (primary N) is 1. The van der Waals surface area contributed by atoms with E-state index in [2.05, 4.69) is 5.32 Å². The highest BCUT2D eigenvalue weighted by atomic mass is 32.2. The van der Waals surface area contributed by atoms with Gasteiger partial charge in [-0.3, -0.25) is 9.59 Å². The van der Waals surface area contributed by atoms with Gasteiger partial charge in [-0.2, -0.15) is 0 Å². The monoisotopic (exact) mass is 527 g/mol. The predicted octanol–water partition coefficient (Wildman–Crippen LogP) is 2.98. The molecule has 0 saturated carbocycles. The van der Waals surface area contributed by atoms with Gasteiger partial charge in [-0.1, -0.05) is 48.5 Å². The summed E-state index contributed by atoms with van der Waals surface area (Å²) in [5.74, 6) is -0.0593.